The Hall–Kier alpha value is -7.34. The smallest absolute Gasteiger partial charge is 0.325 e. The van der Waals surface area contributed by atoms with E-state index in [1.54, 1.807) is 52.6 Å². The first-order chi connectivity index (χ1) is 39.5. The number of Topliss-reactive ketones (excluding diaryl/α,β-unsaturated/α-hetero) is 2. The van der Waals surface area contributed by atoms with Gasteiger partial charge in [-0.3, -0.25) is 38.1 Å². The Morgan fingerprint density at radius 3 is 1.55 bits per heavy atom. The summed E-state index contributed by atoms with van der Waals surface area (Å²) in [6.45, 7) is 10.6. The van der Waals surface area contributed by atoms with Gasteiger partial charge in [0.1, 0.15) is 51.4 Å². The second-order valence-corrected chi connectivity index (χ2v) is 23.1. The molecule has 8 N–H and O–H groups in total. The number of benzene rings is 2. The third kappa shape index (κ3) is 14.7. The van der Waals surface area contributed by atoms with Crippen LogP contribution in [0, 0.1) is 24.7 Å². The van der Waals surface area contributed by atoms with Gasteiger partial charge in [0.2, 0.25) is 29.6 Å². The molecule has 452 valence electrons. The van der Waals surface area contributed by atoms with Crippen molar-refractivity contribution < 1.29 is 33.9 Å². The number of carboxylic acid groups (broad SMARTS) is 1. The van der Waals surface area contributed by atoms with Gasteiger partial charge in [0.25, 0.3) is 0 Å². The molecule has 23 nitrogen and oxygen atoms in total. The molecule has 2 saturated heterocycles. The lowest BCUT2D eigenvalue weighted by Crippen LogP contribution is -2.47. The number of hydrogen-bond acceptors (Lipinski definition) is 19. The molecule has 0 radical (unpaired) electrons. The number of aryl methyl sites for hydroxylation is 2. The fraction of sp³-hybridized carbons (Fsp3) is 0.333. The summed E-state index contributed by atoms with van der Waals surface area (Å²) in [6.07, 6.45) is 9.94. The van der Waals surface area contributed by atoms with Crippen LogP contribution < -0.4 is 27.4 Å². The highest BCUT2D eigenvalue weighted by Crippen LogP contribution is 2.59. The maximum absolute atomic E-state index is 13.8. The van der Waals surface area contributed by atoms with Crippen molar-refractivity contribution in [2.24, 2.45) is 10.8 Å². The maximum Gasteiger partial charge on any atom is 0.325 e. The molecule has 3 amide bonds. The molecule has 0 bridgehead atoms. The monoisotopic (exact) mass is 1370 g/mol. The number of halogens is 3. The van der Waals surface area contributed by atoms with E-state index in [2.05, 4.69) is 124 Å². The van der Waals surface area contributed by atoms with Gasteiger partial charge in [-0.25, -0.2) is 29.9 Å². The van der Waals surface area contributed by atoms with Crippen LogP contribution in [0.25, 0.3) is 44.1 Å². The van der Waals surface area contributed by atoms with E-state index in [1.165, 1.54) is 25.0 Å². The summed E-state index contributed by atoms with van der Waals surface area (Å²) in [7, 11) is 0. The molecule has 8 heterocycles. The van der Waals surface area contributed by atoms with Gasteiger partial charge < -0.3 is 37.4 Å². The summed E-state index contributed by atoms with van der Waals surface area (Å²) >= 11 is 14.0. The van der Waals surface area contributed by atoms with Crippen molar-refractivity contribution in [2.75, 3.05) is 22.1 Å². The summed E-state index contributed by atoms with van der Waals surface area (Å²) in [5.74, 6) is -0.487. The van der Waals surface area contributed by atoms with Crippen molar-refractivity contribution in [3.63, 3.8) is 0 Å². The Balaban J connectivity index is 0.000000219. The second-order valence-electron chi connectivity index (χ2n) is 21.4. The first kappa shape index (κ1) is 67.8. The lowest BCUT2D eigenvalue weighted by atomic mass is 10.0. The molecule has 2 aliphatic heterocycles. The van der Waals surface area contributed by atoms with Crippen LogP contribution in [0.5, 0.6) is 0 Å². The number of carbonyl (C=O) groups excluding carboxylic acids is 5. The Morgan fingerprint density at radius 1 is 0.663 bits per heavy atom. The topological polar surface area (TPSA) is 327 Å². The van der Waals surface area contributed by atoms with E-state index in [1.807, 2.05) is 56.3 Å². The Kier molecular flexibility index (Phi) is 21.7. The van der Waals surface area contributed by atoms with Crippen LogP contribution in [0.2, 0.25) is 0 Å². The van der Waals surface area contributed by atoms with Gasteiger partial charge in [-0.15, -0.1) is 12.4 Å². The van der Waals surface area contributed by atoms with Crippen LogP contribution >= 0.6 is 57.8 Å². The molecule has 6 atom stereocenters. The van der Waals surface area contributed by atoms with E-state index in [0.717, 1.165) is 50.8 Å². The third-order valence-electron chi connectivity index (χ3n) is 15.3. The number of carbonyl (C=O) groups is 6. The van der Waals surface area contributed by atoms with Crippen LogP contribution in [0.4, 0.5) is 23.5 Å². The van der Waals surface area contributed by atoms with Crippen molar-refractivity contribution in [3.05, 3.63) is 117 Å². The number of piperidine rings is 2. The Bertz CT molecular complexity index is 3920. The number of amides is 3. The molecule has 0 unspecified atom stereocenters. The first-order valence-electron chi connectivity index (χ1n) is 26.0. The van der Waals surface area contributed by atoms with E-state index < -0.39 is 12.0 Å². The molecule has 2 saturated carbocycles. The minimum absolute atomic E-state index is 0. The lowest BCUT2D eigenvalue weighted by molar-refractivity contribution is -0.138. The van der Waals surface area contributed by atoms with E-state index in [0.29, 0.717) is 55.9 Å². The molecular weight excluding hydrogens is 1310 g/mol. The van der Waals surface area contributed by atoms with Gasteiger partial charge in [-0.05, 0) is 141 Å². The van der Waals surface area contributed by atoms with Crippen molar-refractivity contribution in [3.8, 4) is 22.3 Å². The number of pyridine rings is 2. The molecule has 8 aromatic rings. The van der Waals surface area contributed by atoms with Crippen molar-refractivity contribution in [1.82, 2.24) is 59.7 Å². The average Bonchev–Trinajstić information content (AvgIpc) is 1.59. The summed E-state index contributed by atoms with van der Waals surface area (Å²) in [4.78, 5) is 101. The quantitative estimate of drug-likeness (QED) is 0.0493. The van der Waals surface area contributed by atoms with Crippen molar-refractivity contribution >= 4 is 161 Å². The van der Waals surface area contributed by atoms with Gasteiger partial charge >= 0.3 is 5.97 Å². The molecule has 12 rings (SSSR count). The number of aliphatic carboxylic acids is 1. The first-order valence-corrected chi connectivity index (χ1v) is 28.9. The molecule has 86 heavy (non-hydrogen) atoms. The molecule has 4 aliphatic rings. The van der Waals surface area contributed by atoms with Crippen LogP contribution in [0.15, 0.2) is 94.7 Å². The summed E-state index contributed by atoms with van der Waals surface area (Å²) < 4.78 is 4.20. The van der Waals surface area contributed by atoms with Gasteiger partial charge in [0.05, 0.1) is 17.1 Å². The summed E-state index contributed by atoms with van der Waals surface area (Å²) in [5, 5.41) is 28.0. The van der Waals surface area contributed by atoms with Crippen molar-refractivity contribution in [1.29, 1.82) is 0 Å². The zero-order valence-corrected chi connectivity index (χ0v) is 53.2. The van der Waals surface area contributed by atoms with Gasteiger partial charge in [0, 0.05) is 95.0 Å². The number of rotatable bonds is 12. The van der Waals surface area contributed by atoms with E-state index >= 15 is 0 Å². The number of anilines is 4. The molecule has 6 aromatic heterocycles. The number of nitrogens with zero attached hydrogens (tertiary/aromatic N) is 11. The highest BCUT2D eigenvalue weighted by Gasteiger charge is 2.64. The van der Waals surface area contributed by atoms with E-state index in [9.17, 15) is 28.8 Å². The highest BCUT2D eigenvalue weighted by atomic mass is 79.9. The predicted molar refractivity (Wildman–Crippen MR) is 348 cm³/mol. The number of carboxylic acids is 1. The molecule has 29 heteroatoms. The largest absolute Gasteiger partial charge is 0.480 e. The Morgan fingerprint density at radius 2 is 1.12 bits per heavy atom. The number of likely N-dealkylation sites (tertiary alicyclic amines) is 1. The predicted octanol–water partition coefficient (Wildman–Crippen LogP) is 8.52. The van der Waals surface area contributed by atoms with Crippen LogP contribution in [-0.2, 0) is 54.6 Å². The molecule has 0 spiro atoms. The number of nitrogens with one attached hydrogen (secondary N) is 3. The number of ketones is 2. The average molecular weight is 1380 g/mol. The SMILES string of the molecule is C.CC(=O)c1nn(CC(=O)N2[C@H](C(=O)Nc3nc(Br)ccc3C)C[C@@]3(C)C[C@@H]23)c2ccc(-c3cnc(N)nc3)cc12.CC(=O)c1nn(CC(=O)O)c2ccc(-c3cnc(N)nc3)cc12.Cc1ccc(Br)nc1NC(=O)[C@@H]1C[C@@]2(C)C[C@H]2N1.Cl.S.S=S. The number of fused-ring (bicyclic) bond motifs is 4. The summed E-state index contributed by atoms with van der Waals surface area (Å²) in [6, 6.07) is 18.1. The van der Waals surface area contributed by atoms with E-state index in [4.69, 9.17) is 16.6 Å². The van der Waals surface area contributed by atoms with Crippen LogP contribution in [0.3, 0.4) is 0 Å². The van der Waals surface area contributed by atoms with Gasteiger partial charge in [-0.1, -0.05) is 45.5 Å². The van der Waals surface area contributed by atoms with Gasteiger partial charge in [-0.2, -0.15) is 23.7 Å². The Labute approximate surface area is 534 Å². The fourth-order valence-electron chi connectivity index (χ4n) is 10.6. The molecule has 4 fully saturated rings. The second kappa shape index (κ2) is 27.6. The minimum Gasteiger partial charge on any atom is -0.480 e. The number of nitrogens with two attached hydrogens (primary N) is 2. The maximum atomic E-state index is 13.8. The highest BCUT2D eigenvalue weighted by molar-refractivity contribution is 9.10. The van der Waals surface area contributed by atoms with Crippen LogP contribution in [0.1, 0.15) is 92.9 Å². The standard InChI is InChI=1S/C28H27BrN8O3.C15H13N5O3.C13H16BrN3O.CH4.ClH.S2.H2S/c1-14-4-7-22(29)33-25(14)34-26(40)20-9-28(3)10-21(28)37(20)23(39)13-36-19-6-5-16(17-11-31-27(30)32-12-17)8-18(19)24(35-36)15(2)38;1-8(21)14-11-4-9(10-5-17-15(16)18-6-10)2-3-12(11)20(19-14)7-13(22)23;1-7-3-4-10(14)16-11(7)17-12(18)8-5-13(2)6-9(13)15-8;;;1-2;/h4-8,11-12,20-21H,9-10,13H2,1-3H3,(H2,30,31,32)(H,33,34,40);2-6H,7H2,1H3,(H,22,23)(H2,16,17,18);3-4,8-9,15H,5-6H2,1-2H3,(H,16,17,18);1H4;1H;;1H2/t20-,21+,28-;;8-,9+,13-;;;;/m0.0..../s1. The lowest BCUT2D eigenvalue weighted by Gasteiger charge is -2.27. The number of nitrogen functional groups attached to an aromatic ring is 2. The number of aromatic nitrogens is 10. The van der Waals surface area contributed by atoms with Crippen LogP contribution in [-0.4, -0.2) is 119 Å². The van der Waals surface area contributed by atoms with E-state index in [-0.39, 0.29) is 116 Å². The minimum atomic E-state index is -1.03. The molecule has 2 aliphatic carbocycles. The zero-order chi connectivity index (χ0) is 59.8. The van der Waals surface area contributed by atoms with Crippen molar-refractivity contribution in [2.45, 2.75) is 112 Å². The molecule has 2 aromatic carbocycles. The van der Waals surface area contributed by atoms with Gasteiger partial charge in [0.15, 0.2) is 11.6 Å². The molecular formula is C57H63Br2ClN16O7S3. The fourth-order valence-corrected chi connectivity index (χ4v) is 11.3. The summed E-state index contributed by atoms with van der Waals surface area (Å²) in [5.41, 5.74) is 17.9. The third-order valence-corrected chi connectivity index (χ3v) is 16.2. The normalized spacial score (nSPS) is 19.8. The zero-order valence-electron chi connectivity index (χ0n) is 46.6. The number of hydrogen-bond donors (Lipinski definition) is 6.